The SMILES string of the molecule is Cc1ccc(N=c2scc(C)n2CCCN2CCCC2=O)cc1C. The third kappa shape index (κ3) is 3.78. The van der Waals surface area contributed by atoms with E-state index in [-0.39, 0.29) is 0 Å². The van der Waals surface area contributed by atoms with E-state index in [0.717, 1.165) is 49.4 Å². The van der Waals surface area contributed by atoms with Gasteiger partial charge in [-0.2, -0.15) is 0 Å². The second-order valence-electron chi connectivity index (χ2n) is 6.53. The maximum absolute atomic E-state index is 11.7. The highest BCUT2D eigenvalue weighted by molar-refractivity contribution is 7.07. The van der Waals surface area contributed by atoms with Crippen molar-refractivity contribution < 1.29 is 4.79 Å². The van der Waals surface area contributed by atoms with Crippen molar-refractivity contribution in [1.29, 1.82) is 0 Å². The van der Waals surface area contributed by atoms with Crippen LogP contribution < -0.4 is 4.80 Å². The fourth-order valence-corrected chi connectivity index (χ4v) is 3.96. The summed E-state index contributed by atoms with van der Waals surface area (Å²) >= 11 is 1.68. The number of rotatable bonds is 5. The van der Waals surface area contributed by atoms with Crippen molar-refractivity contribution in [3.63, 3.8) is 0 Å². The first-order valence-corrected chi connectivity index (χ1v) is 9.47. The van der Waals surface area contributed by atoms with Gasteiger partial charge in [-0.25, -0.2) is 4.99 Å². The number of benzene rings is 1. The molecule has 2 aromatic rings. The summed E-state index contributed by atoms with van der Waals surface area (Å²) in [6.07, 6.45) is 2.71. The summed E-state index contributed by atoms with van der Waals surface area (Å²) in [7, 11) is 0. The molecular weight excluding hydrogens is 318 g/mol. The summed E-state index contributed by atoms with van der Waals surface area (Å²) in [4.78, 5) is 19.6. The minimum atomic E-state index is 0.307. The van der Waals surface area contributed by atoms with E-state index in [9.17, 15) is 4.79 Å². The number of thiazole rings is 1. The lowest BCUT2D eigenvalue weighted by Crippen LogP contribution is -2.27. The Hall–Kier alpha value is -1.88. The molecule has 0 unspecified atom stereocenters. The summed E-state index contributed by atoms with van der Waals surface area (Å²) in [6, 6.07) is 6.33. The third-order valence-corrected chi connectivity index (χ3v) is 5.67. The van der Waals surface area contributed by atoms with Crippen molar-refractivity contribution in [2.45, 2.75) is 46.6 Å². The van der Waals surface area contributed by atoms with Crippen LogP contribution in [0.3, 0.4) is 0 Å². The zero-order valence-electron chi connectivity index (χ0n) is 14.7. The third-order valence-electron chi connectivity index (χ3n) is 4.69. The number of likely N-dealkylation sites (tertiary alicyclic amines) is 1. The number of amides is 1. The van der Waals surface area contributed by atoms with E-state index in [0.29, 0.717) is 5.91 Å². The Bertz CT molecular complexity index is 803. The van der Waals surface area contributed by atoms with Crippen molar-refractivity contribution in [1.82, 2.24) is 9.47 Å². The second-order valence-corrected chi connectivity index (χ2v) is 7.37. The van der Waals surface area contributed by atoms with Gasteiger partial charge in [0.2, 0.25) is 5.91 Å². The molecule has 1 aromatic heterocycles. The molecule has 0 atom stereocenters. The lowest BCUT2D eigenvalue weighted by molar-refractivity contribution is -0.127. The molecule has 0 aliphatic carbocycles. The maximum Gasteiger partial charge on any atom is 0.222 e. The topological polar surface area (TPSA) is 37.6 Å². The van der Waals surface area contributed by atoms with E-state index < -0.39 is 0 Å². The van der Waals surface area contributed by atoms with Crippen molar-refractivity contribution in [2.24, 2.45) is 4.99 Å². The standard InChI is InChI=1S/C19H25N3OS/c1-14-7-8-17(12-15(14)2)20-19-22(16(3)13-24-19)11-5-10-21-9-4-6-18(21)23/h7-8,12-13H,4-6,9-11H2,1-3H3. The normalized spacial score (nSPS) is 15.5. The summed E-state index contributed by atoms with van der Waals surface area (Å²) in [6.45, 7) is 9.04. The fourth-order valence-electron chi connectivity index (χ4n) is 3.04. The molecule has 0 spiro atoms. The molecule has 1 fully saturated rings. The maximum atomic E-state index is 11.7. The first-order valence-electron chi connectivity index (χ1n) is 8.59. The second kappa shape index (κ2) is 7.34. The molecule has 0 N–H and O–H groups in total. The van der Waals surface area contributed by atoms with Gasteiger partial charge in [-0.05, 0) is 56.9 Å². The van der Waals surface area contributed by atoms with Crippen LogP contribution in [0, 0.1) is 20.8 Å². The Morgan fingerprint density at radius 2 is 2.00 bits per heavy atom. The van der Waals surface area contributed by atoms with Gasteiger partial charge < -0.3 is 9.47 Å². The van der Waals surface area contributed by atoms with Crippen LogP contribution in [0.15, 0.2) is 28.6 Å². The number of hydrogen-bond acceptors (Lipinski definition) is 3. The molecule has 4 nitrogen and oxygen atoms in total. The Labute approximate surface area is 147 Å². The Balaban J connectivity index is 1.74. The van der Waals surface area contributed by atoms with Gasteiger partial charge in [-0.3, -0.25) is 4.79 Å². The summed E-state index contributed by atoms with van der Waals surface area (Å²) < 4.78 is 2.26. The number of hydrogen-bond donors (Lipinski definition) is 0. The Morgan fingerprint density at radius 3 is 2.71 bits per heavy atom. The van der Waals surface area contributed by atoms with E-state index in [1.807, 2.05) is 4.90 Å². The van der Waals surface area contributed by atoms with Crippen molar-refractivity contribution in [2.75, 3.05) is 13.1 Å². The first-order chi connectivity index (χ1) is 11.5. The molecule has 3 rings (SSSR count). The number of nitrogens with zero attached hydrogens (tertiary/aromatic N) is 3. The van der Waals surface area contributed by atoms with E-state index >= 15 is 0 Å². The van der Waals surface area contributed by atoms with Gasteiger partial charge in [0.05, 0.1) is 5.69 Å². The summed E-state index contributed by atoms with van der Waals surface area (Å²) in [5.74, 6) is 0.307. The molecule has 128 valence electrons. The van der Waals surface area contributed by atoms with Crippen molar-refractivity contribution >= 4 is 22.9 Å². The highest BCUT2D eigenvalue weighted by Gasteiger charge is 2.19. The summed E-state index contributed by atoms with van der Waals surface area (Å²) in [5.41, 5.74) is 4.79. The molecule has 0 bridgehead atoms. The zero-order chi connectivity index (χ0) is 17.1. The molecule has 1 aliphatic heterocycles. The predicted molar refractivity (Wildman–Crippen MR) is 98.6 cm³/mol. The van der Waals surface area contributed by atoms with Gasteiger partial charge >= 0.3 is 0 Å². The van der Waals surface area contributed by atoms with Gasteiger partial charge in [-0.1, -0.05) is 6.07 Å². The van der Waals surface area contributed by atoms with Gasteiger partial charge in [0, 0.05) is 37.1 Å². The minimum absolute atomic E-state index is 0.307. The zero-order valence-corrected chi connectivity index (χ0v) is 15.5. The molecular formula is C19H25N3OS. The van der Waals surface area contributed by atoms with Crippen LogP contribution in [0.4, 0.5) is 5.69 Å². The van der Waals surface area contributed by atoms with Crippen LogP contribution >= 0.6 is 11.3 Å². The van der Waals surface area contributed by atoms with E-state index in [1.54, 1.807) is 11.3 Å². The minimum Gasteiger partial charge on any atom is -0.343 e. The van der Waals surface area contributed by atoms with Crippen LogP contribution in [0.5, 0.6) is 0 Å². The van der Waals surface area contributed by atoms with Gasteiger partial charge in [0.1, 0.15) is 0 Å². The van der Waals surface area contributed by atoms with Crippen LogP contribution in [0.1, 0.15) is 36.1 Å². The molecule has 1 amide bonds. The van der Waals surface area contributed by atoms with Gasteiger partial charge in [-0.15, -0.1) is 11.3 Å². The molecule has 24 heavy (non-hydrogen) atoms. The highest BCUT2D eigenvalue weighted by Crippen LogP contribution is 2.17. The number of carbonyl (C=O) groups is 1. The predicted octanol–water partition coefficient (Wildman–Crippen LogP) is 3.72. The average Bonchev–Trinajstić information content (AvgIpc) is 3.11. The number of aryl methyl sites for hydroxylation is 3. The Morgan fingerprint density at radius 1 is 1.17 bits per heavy atom. The summed E-state index contributed by atoms with van der Waals surface area (Å²) in [5, 5.41) is 2.15. The fraction of sp³-hybridized carbons (Fsp3) is 0.474. The van der Waals surface area contributed by atoms with E-state index in [2.05, 4.69) is 48.9 Å². The Kier molecular flexibility index (Phi) is 5.19. The largest absolute Gasteiger partial charge is 0.343 e. The molecule has 0 saturated carbocycles. The van der Waals surface area contributed by atoms with Crippen molar-refractivity contribution in [3.8, 4) is 0 Å². The van der Waals surface area contributed by atoms with Gasteiger partial charge in [0.25, 0.3) is 0 Å². The monoisotopic (exact) mass is 343 g/mol. The molecule has 1 saturated heterocycles. The number of aromatic nitrogens is 1. The first kappa shape index (κ1) is 17.0. The molecule has 5 heteroatoms. The molecule has 2 heterocycles. The molecule has 1 aromatic carbocycles. The van der Waals surface area contributed by atoms with Crippen molar-refractivity contribution in [3.05, 3.63) is 45.2 Å². The van der Waals surface area contributed by atoms with Gasteiger partial charge in [0.15, 0.2) is 4.80 Å². The average molecular weight is 343 g/mol. The van der Waals surface area contributed by atoms with Crippen LogP contribution in [0.25, 0.3) is 0 Å². The lowest BCUT2D eigenvalue weighted by Gasteiger charge is -2.15. The quantitative estimate of drug-likeness (QED) is 0.815. The van der Waals surface area contributed by atoms with E-state index in [1.165, 1.54) is 16.8 Å². The van der Waals surface area contributed by atoms with Crippen LogP contribution in [0.2, 0.25) is 0 Å². The highest BCUT2D eigenvalue weighted by atomic mass is 32.1. The number of carbonyl (C=O) groups excluding carboxylic acids is 1. The molecule has 0 radical (unpaired) electrons. The smallest absolute Gasteiger partial charge is 0.222 e. The van der Waals surface area contributed by atoms with Crippen LogP contribution in [-0.4, -0.2) is 28.5 Å². The molecule has 1 aliphatic rings. The van der Waals surface area contributed by atoms with Crippen LogP contribution in [-0.2, 0) is 11.3 Å². The van der Waals surface area contributed by atoms with E-state index in [4.69, 9.17) is 4.99 Å². The lowest BCUT2D eigenvalue weighted by atomic mass is 10.1.